The second kappa shape index (κ2) is 6.60. The number of aliphatic hydroxyl groups excluding tert-OH is 1. The molecular weight excluding hydrogens is 276 g/mol. The molecule has 0 saturated heterocycles. The Morgan fingerprint density at radius 2 is 2.20 bits per heavy atom. The lowest BCUT2D eigenvalue weighted by atomic mass is 10.1. The van der Waals surface area contributed by atoms with E-state index in [1.165, 1.54) is 17.4 Å². The standard InChI is InChI=1S/C14H16N2O3S/c1-10-11(4-2-5-12(10)16(18)19)8-15-9-13(17)14-6-3-7-20-14/h2-7,13,15,17H,8-9H2,1H3. The zero-order valence-electron chi connectivity index (χ0n) is 11.1. The van der Waals surface area contributed by atoms with Gasteiger partial charge in [0.15, 0.2) is 0 Å². The van der Waals surface area contributed by atoms with Crippen molar-refractivity contribution in [3.05, 3.63) is 61.8 Å². The van der Waals surface area contributed by atoms with Gasteiger partial charge in [0.25, 0.3) is 5.69 Å². The summed E-state index contributed by atoms with van der Waals surface area (Å²) in [5, 5.41) is 25.8. The van der Waals surface area contributed by atoms with Gasteiger partial charge in [-0.3, -0.25) is 10.1 Å². The third kappa shape index (κ3) is 3.41. The molecule has 1 unspecified atom stereocenters. The molecule has 2 rings (SSSR count). The van der Waals surface area contributed by atoms with Crippen molar-refractivity contribution in [1.29, 1.82) is 0 Å². The highest BCUT2D eigenvalue weighted by atomic mass is 32.1. The molecule has 1 aromatic carbocycles. The number of thiophene rings is 1. The van der Waals surface area contributed by atoms with Crippen molar-refractivity contribution >= 4 is 17.0 Å². The van der Waals surface area contributed by atoms with Crippen LogP contribution in [0.1, 0.15) is 22.1 Å². The SMILES string of the molecule is Cc1c(CNCC(O)c2cccs2)cccc1[N+](=O)[O-]. The van der Waals surface area contributed by atoms with E-state index in [0.29, 0.717) is 18.7 Å². The first-order valence-corrected chi connectivity index (χ1v) is 7.12. The summed E-state index contributed by atoms with van der Waals surface area (Å²) in [5.74, 6) is 0. The quantitative estimate of drug-likeness (QED) is 0.634. The third-order valence-electron chi connectivity index (χ3n) is 3.14. The third-order valence-corrected chi connectivity index (χ3v) is 4.11. The van der Waals surface area contributed by atoms with Crippen LogP contribution in [0.4, 0.5) is 5.69 Å². The first-order valence-electron chi connectivity index (χ1n) is 6.24. The van der Waals surface area contributed by atoms with Gasteiger partial charge in [0, 0.05) is 29.6 Å². The molecule has 0 aliphatic rings. The van der Waals surface area contributed by atoms with E-state index in [2.05, 4.69) is 5.32 Å². The van der Waals surface area contributed by atoms with Crippen LogP contribution >= 0.6 is 11.3 Å². The maximum absolute atomic E-state index is 10.9. The molecule has 0 amide bonds. The molecular formula is C14H16N2O3S. The molecule has 1 aromatic heterocycles. The first-order chi connectivity index (χ1) is 9.59. The molecule has 1 atom stereocenters. The summed E-state index contributed by atoms with van der Waals surface area (Å²) in [6.07, 6.45) is -0.547. The van der Waals surface area contributed by atoms with Crippen molar-refractivity contribution in [3.8, 4) is 0 Å². The van der Waals surface area contributed by atoms with Crippen molar-refractivity contribution < 1.29 is 10.0 Å². The Bertz CT molecular complexity index is 584. The summed E-state index contributed by atoms with van der Waals surface area (Å²) in [6, 6.07) is 8.81. The Balaban J connectivity index is 1.95. The fraction of sp³-hybridized carbons (Fsp3) is 0.286. The van der Waals surface area contributed by atoms with Gasteiger partial charge in [-0.25, -0.2) is 0 Å². The van der Waals surface area contributed by atoms with E-state index < -0.39 is 6.10 Å². The van der Waals surface area contributed by atoms with Gasteiger partial charge in [-0.1, -0.05) is 18.2 Å². The van der Waals surface area contributed by atoms with Crippen LogP contribution < -0.4 is 5.32 Å². The smallest absolute Gasteiger partial charge is 0.272 e. The molecule has 0 aliphatic carbocycles. The molecule has 20 heavy (non-hydrogen) atoms. The molecule has 0 aliphatic heterocycles. The zero-order valence-corrected chi connectivity index (χ0v) is 11.9. The number of nitro benzene ring substituents is 1. The van der Waals surface area contributed by atoms with E-state index in [0.717, 1.165) is 10.4 Å². The average molecular weight is 292 g/mol. The lowest BCUT2D eigenvalue weighted by Gasteiger charge is -2.11. The molecule has 0 fully saturated rings. The molecule has 0 spiro atoms. The highest BCUT2D eigenvalue weighted by molar-refractivity contribution is 7.10. The number of aliphatic hydroxyl groups is 1. The van der Waals surface area contributed by atoms with E-state index in [-0.39, 0.29) is 10.6 Å². The van der Waals surface area contributed by atoms with Crippen molar-refractivity contribution in [2.75, 3.05) is 6.54 Å². The number of nitrogens with one attached hydrogen (secondary N) is 1. The Labute approximate surface area is 121 Å². The minimum absolute atomic E-state index is 0.128. The van der Waals surface area contributed by atoms with Gasteiger partial charge in [-0.15, -0.1) is 11.3 Å². The number of nitrogens with zero attached hydrogens (tertiary/aromatic N) is 1. The minimum Gasteiger partial charge on any atom is -0.386 e. The summed E-state index contributed by atoms with van der Waals surface area (Å²) in [6.45, 7) is 2.66. The minimum atomic E-state index is -0.547. The van der Waals surface area contributed by atoms with E-state index in [1.807, 2.05) is 23.6 Å². The van der Waals surface area contributed by atoms with Crippen LogP contribution in [0, 0.1) is 17.0 Å². The summed E-state index contributed by atoms with van der Waals surface area (Å²) in [4.78, 5) is 11.4. The van der Waals surface area contributed by atoms with Crippen LogP contribution in [-0.4, -0.2) is 16.6 Å². The molecule has 106 valence electrons. The molecule has 0 saturated carbocycles. The summed E-state index contributed by atoms with van der Waals surface area (Å²) < 4.78 is 0. The molecule has 0 bridgehead atoms. The van der Waals surface area contributed by atoms with Gasteiger partial charge in [-0.2, -0.15) is 0 Å². The fourth-order valence-corrected chi connectivity index (χ4v) is 2.70. The summed E-state index contributed by atoms with van der Waals surface area (Å²) >= 11 is 1.51. The predicted molar refractivity (Wildman–Crippen MR) is 78.8 cm³/mol. The summed E-state index contributed by atoms with van der Waals surface area (Å²) in [5.41, 5.74) is 1.66. The lowest BCUT2D eigenvalue weighted by molar-refractivity contribution is -0.385. The van der Waals surface area contributed by atoms with Gasteiger partial charge in [-0.05, 0) is 23.9 Å². The van der Waals surface area contributed by atoms with Crippen LogP contribution in [-0.2, 0) is 6.54 Å². The number of hydrogen-bond acceptors (Lipinski definition) is 5. The van der Waals surface area contributed by atoms with Gasteiger partial charge in [0.2, 0.25) is 0 Å². The number of rotatable bonds is 6. The predicted octanol–water partition coefficient (Wildman–Crippen LogP) is 2.79. The molecule has 0 radical (unpaired) electrons. The van der Waals surface area contributed by atoms with Crippen LogP contribution in [0.2, 0.25) is 0 Å². The van der Waals surface area contributed by atoms with E-state index in [9.17, 15) is 15.2 Å². The van der Waals surface area contributed by atoms with Crippen LogP contribution in [0.25, 0.3) is 0 Å². The number of benzene rings is 1. The monoisotopic (exact) mass is 292 g/mol. The average Bonchev–Trinajstić information content (AvgIpc) is 2.94. The zero-order chi connectivity index (χ0) is 14.5. The Morgan fingerprint density at radius 1 is 1.40 bits per heavy atom. The fourth-order valence-electron chi connectivity index (χ4n) is 1.98. The molecule has 5 nitrogen and oxygen atoms in total. The van der Waals surface area contributed by atoms with Crippen LogP contribution in [0.15, 0.2) is 35.7 Å². The highest BCUT2D eigenvalue weighted by Gasteiger charge is 2.13. The Morgan fingerprint density at radius 3 is 2.85 bits per heavy atom. The van der Waals surface area contributed by atoms with Crippen molar-refractivity contribution in [2.45, 2.75) is 19.6 Å². The number of hydrogen-bond donors (Lipinski definition) is 2. The molecule has 2 aromatic rings. The second-order valence-corrected chi connectivity index (χ2v) is 5.46. The highest BCUT2D eigenvalue weighted by Crippen LogP contribution is 2.21. The molecule has 2 N–H and O–H groups in total. The maximum atomic E-state index is 10.9. The largest absolute Gasteiger partial charge is 0.386 e. The molecule has 1 heterocycles. The first kappa shape index (κ1) is 14.6. The van der Waals surface area contributed by atoms with Gasteiger partial charge >= 0.3 is 0 Å². The maximum Gasteiger partial charge on any atom is 0.272 e. The van der Waals surface area contributed by atoms with Crippen LogP contribution in [0.5, 0.6) is 0 Å². The van der Waals surface area contributed by atoms with Crippen LogP contribution in [0.3, 0.4) is 0 Å². The van der Waals surface area contributed by atoms with E-state index in [4.69, 9.17) is 0 Å². The van der Waals surface area contributed by atoms with Gasteiger partial charge in [0.05, 0.1) is 4.92 Å². The van der Waals surface area contributed by atoms with Crippen molar-refractivity contribution in [1.82, 2.24) is 5.32 Å². The Kier molecular flexibility index (Phi) is 4.84. The van der Waals surface area contributed by atoms with Crippen molar-refractivity contribution in [3.63, 3.8) is 0 Å². The van der Waals surface area contributed by atoms with Gasteiger partial charge in [0.1, 0.15) is 6.10 Å². The topological polar surface area (TPSA) is 75.4 Å². The van der Waals surface area contributed by atoms with Gasteiger partial charge < -0.3 is 10.4 Å². The second-order valence-electron chi connectivity index (χ2n) is 4.48. The number of nitro groups is 1. The Hall–Kier alpha value is -1.76. The van der Waals surface area contributed by atoms with E-state index >= 15 is 0 Å². The lowest BCUT2D eigenvalue weighted by Crippen LogP contribution is -2.21. The van der Waals surface area contributed by atoms with Crippen molar-refractivity contribution in [2.24, 2.45) is 0 Å². The summed E-state index contributed by atoms with van der Waals surface area (Å²) in [7, 11) is 0. The normalized spacial score (nSPS) is 12.3. The molecule has 6 heteroatoms. The van der Waals surface area contributed by atoms with E-state index in [1.54, 1.807) is 13.0 Å².